The van der Waals surface area contributed by atoms with Crippen molar-refractivity contribution in [2.45, 2.75) is 77.6 Å². The van der Waals surface area contributed by atoms with E-state index in [0.29, 0.717) is 6.61 Å². The van der Waals surface area contributed by atoms with E-state index in [9.17, 15) is 0 Å². The summed E-state index contributed by atoms with van der Waals surface area (Å²) < 4.78 is 0. The van der Waals surface area contributed by atoms with Crippen molar-refractivity contribution in [1.29, 1.82) is 0 Å². The molecule has 0 bridgehead atoms. The Bertz CT molecular complexity index is 367. The van der Waals surface area contributed by atoms with Gasteiger partial charge in [-0.15, -0.1) is 5.73 Å². The molecule has 0 saturated heterocycles. The summed E-state index contributed by atoms with van der Waals surface area (Å²) in [4.78, 5) is 0. The molecular formula is C22H36O. The second-order valence-corrected chi connectivity index (χ2v) is 5.74. The standard InChI is InChI=1S/C22H36O/c1-2-3-4-5-6-7-8-9-10-11-12-13-14-15-16-17-18-19-20-21-22-23/h3-4,6-7,9-10,12,14,23H,2,5,8,11,15-22H2,1H3/b4-3+,7-6+,10-9+. The molecule has 0 radical (unpaired) electrons. The highest BCUT2D eigenvalue weighted by molar-refractivity contribution is 4.99. The summed E-state index contributed by atoms with van der Waals surface area (Å²) in [5.74, 6) is 0. The first-order valence-corrected chi connectivity index (χ1v) is 9.37. The molecule has 0 aliphatic rings. The van der Waals surface area contributed by atoms with E-state index >= 15 is 0 Å². The third-order valence-corrected chi connectivity index (χ3v) is 3.53. The van der Waals surface area contributed by atoms with Gasteiger partial charge in [-0.05, 0) is 57.1 Å². The maximum absolute atomic E-state index is 8.68. The molecule has 1 nitrogen and oxygen atoms in total. The number of aliphatic hydroxyl groups excluding tert-OH is 1. The molecule has 1 N–H and O–H groups in total. The van der Waals surface area contributed by atoms with Gasteiger partial charge in [0.15, 0.2) is 0 Å². The van der Waals surface area contributed by atoms with Crippen LogP contribution >= 0.6 is 0 Å². The predicted octanol–water partition coefficient (Wildman–Crippen LogP) is 6.67. The average Bonchev–Trinajstić information content (AvgIpc) is 2.57. The Kier molecular flexibility index (Phi) is 19.5. The zero-order valence-corrected chi connectivity index (χ0v) is 15.1. The molecule has 0 heterocycles. The van der Waals surface area contributed by atoms with Crippen LogP contribution in [-0.4, -0.2) is 11.7 Å². The molecule has 0 aromatic carbocycles. The second-order valence-electron chi connectivity index (χ2n) is 5.74. The van der Waals surface area contributed by atoms with E-state index < -0.39 is 0 Å². The second kappa shape index (κ2) is 20.7. The lowest BCUT2D eigenvalue weighted by molar-refractivity contribution is 0.282. The van der Waals surface area contributed by atoms with Gasteiger partial charge in [-0.2, -0.15) is 0 Å². The molecule has 0 atom stereocenters. The molecule has 0 aliphatic carbocycles. The first-order chi connectivity index (χ1) is 11.4. The van der Waals surface area contributed by atoms with E-state index in [2.05, 4.69) is 61.3 Å². The number of hydrogen-bond acceptors (Lipinski definition) is 1. The SMILES string of the molecule is CC/C=C/C/C=C/C/C=C/CC=C=CCCCCCCCCO. The minimum absolute atomic E-state index is 0.342. The largest absolute Gasteiger partial charge is 0.396 e. The minimum Gasteiger partial charge on any atom is -0.396 e. The van der Waals surface area contributed by atoms with Gasteiger partial charge in [-0.1, -0.05) is 69.1 Å². The maximum atomic E-state index is 8.68. The quantitative estimate of drug-likeness (QED) is 0.203. The molecule has 1 heteroatoms. The minimum atomic E-state index is 0.342. The van der Waals surface area contributed by atoms with Crippen LogP contribution in [-0.2, 0) is 0 Å². The van der Waals surface area contributed by atoms with Crippen LogP contribution in [0.5, 0.6) is 0 Å². The molecule has 0 aromatic rings. The van der Waals surface area contributed by atoms with Crippen LogP contribution in [0.15, 0.2) is 54.3 Å². The first kappa shape index (κ1) is 21.7. The van der Waals surface area contributed by atoms with Gasteiger partial charge in [0.2, 0.25) is 0 Å². The smallest absolute Gasteiger partial charge is 0.0431 e. The van der Waals surface area contributed by atoms with Crippen molar-refractivity contribution in [2.24, 2.45) is 0 Å². The van der Waals surface area contributed by atoms with Gasteiger partial charge in [0.05, 0.1) is 0 Å². The summed E-state index contributed by atoms with van der Waals surface area (Å²) in [5.41, 5.74) is 3.26. The van der Waals surface area contributed by atoms with E-state index in [1.54, 1.807) is 0 Å². The lowest BCUT2D eigenvalue weighted by atomic mass is 10.1. The summed E-state index contributed by atoms with van der Waals surface area (Å²) >= 11 is 0. The normalized spacial score (nSPS) is 11.6. The molecule has 0 spiro atoms. The van der Waals surface area contributed by atoms with Crippen LogP contribution in [0.3, 0.4) is 0 Å². The number of rotatable bonds is 15. The van der Waals surface area contributed by atoms with Crippen molar-refractivity contribution in [3.05, 3.63) is 54.3 Å². The van der Waals surface area contributed by atoms with Gasteiger partial charge >= 0.3 is 0 Å². The molecule has 0 amide bonds. The molecular weight excluding hydrogens is 280 g/mol. The summed E-state index contributed by atoms with van der Waals surface area (Å²) in [5, 5.41) is 8.68. The van der Waals surface area contributed by atoms with E-state index in [0.717, 1.165) is 38.5 Å². The zero-order valence-electron chi connectivity index (χ0n) is 15.1. The lowest BCUT2D eigenvalue weighted by Gasteiger charge is -1.97. The summed E-state index contributed by atoms with van der Waals surface area (Å²) in [6, 6.07) is 0. The first-order valence-electron chi connectivity index (χ1n) is 9.37. The van der Waals surface area contributed by atoms with Gasteiger partial charge in [0.25, 0.3) is 0 Å². The van der Waals surface area contributed by atoms with Crippen molar-refractivity contribution in [2.75, 3.05) is 6.61 Å². The molecule has 0 unspecified atom stereocenters. The third-order valence-electron chi connectivity index (χ3n) is 3.53. The van der Waals surface area contributed by atoms with Crippen LogP contribution in [0.2, 0.25) is 0 Å². The van der Waals surface area contributed by atoms with Gasteiger partial charge < -0.3 is 5.11 Å². The topological polar surface area (TPSA) is 20.2 Å². The van der Waals surface area contributed by atoms with Crippen LogP contribution < -0.4 is 0 Å². The Morgan fingerprint density at radius 2 is 1.22 bits per heavy atom. The fourth-order valence-electron chi connectivity index (χ4n) is 2.17. The maximum Gasteiger partial charge on any atom is 0.0431 e. The summed E-state index contributed by atoms with van der Waals surface area (Å²) in [6.07, 6.45) is 30.1. The van der Waals surface area contributed by atoms with Crippen molar-refractivity contribution in [3.63, 3.8) is 0 Å². The van der Waals surface area contributed by atoms with Crippen molar-refractivity contribution < 1.29 is 5.11 Å². The highest BCUT2D eigenvalue weighted by atomic mass is 16.2. The van der Waals surface area contributed by atoms with Crippen LogP contribution in [0.1, 0.15) is 77.6 Å². The average molecular weight is 317 g/mol. The molecule has 0 aromatic heterocycles. The Balaban J connectivity index is 3.40. The highest BCUT2D eigenvalue weighted by Crippen LogP contribution is 2.07. The number of allylic oxidation sites excluding steroid dienone is 7. The Morgan fingerprint density at radius 1 is 0.652 bits per heavy atom. The van der Waals surface area contributed by atoms with E-state index in [-0.39, 0.29) is 0 Å². The van der Waals surface area contributed by atoms with Crippen molar-refractivity contribution >= 4 is 0 Å². The number of hydrogen-bond donors (Lipinski definition) is 1. The molecule has 0 rings (SSSR count). The third kappa shape index (κ3) is 20.7. The van der Waals surface area contributed by atoms with Crippen LogP contribution in [0.25, 0.3) is 0 Å². The van der Waals surface area contributed by atoms with Crippen LogP contribution in [0.4, 0.5) is 0 Å². The molecule has 23 heavy (non-hydrogen) atoms. The van der Waals surface area contributed by atoms with Gasteiger partial charge in [0.1, 0.15) is 0 Å². The Hall–Kier alpha value is -1.30. The summed E-state index contributed by atoms with van der Waals surface area (Å²) in [7, 11) is 0. The lowest BCUT2D eigenvalue weighted by Crippen LogP contribution is -1.83. The molecule has 0 saturated carbocycles. The Labute approximate surface area is 144 Å². The number of unbranched alkanes of at least 4 members (excludes halogenated alkanes) is 6. The molecule has 0 aliphatic heterocycles. The molecule has 0 fully saturated rings. The van der Waals surface area contributed by atoms with Gasteiger partial charge in [-0.25, -0.2) is 0 Å². The zero-order chi connectivity index (χ0) is 16.8. The van der Waals surface area contributed by atoms with E-state index in [4.69, 9.17) is 5.11 Å². The van der Waals surface area contributed by atoms with E-state index in [1.165, 1.54) is 32.1 Å². The summed E-state index contributed by atoms with van der Waals surface area (Å²) in [6.45, 7) is 2.50. The van der Waals surface area contributed by atoms with Gasteiger partial charge in [0, 0.05) is 6.61 Å². The van der Waals surface area contributed by atoms with Crippen molar-refractivity contribution in [3.8, 4) is 0 Å². The fraction of sp³-hybridized carbons (Fsp3) is 0.591. The predicted molar refractivity (Wildman–Crippen MR) is 104 cm³/mol. The monoisotopic (exact) mass is 316 g/mol. The van der Waals surface area contributed by atoms with Crippen molar-refractivity contribution in [1.82, 2.24) is 0 Å². The highest BCUT2D eigenvalue weighted by Gasteiger charge is 1.89. The van der Waals surface area contributed by atoms with Crippen LogP contribution in [0, 0.1) is 0 Å². The van der Waals surface area contributed by atoms with E-state index in [1.807, 2.05) is 0 Å². The van der Waals surface area contributed by atoms with Gasteiger partial charge in [-0.3, -0.25) is 0 Å². The Morgan fingerprint density at radius 3 is 1.87 bits per heavy atom. The number of aliphatic hydroxyl groups is 1. The molecule has 130 valence electrons. The fourth-order valence-corrected chi connectivity index (χ4v) is 2.17.